The highest BCUT2D eigenvalue weighted by Crippen LogP contribution is 2.18. The van der Waals surface area contributed by atoms with Gasteiger partial charge in [-0.05, 0) is 31.9 Å². The van der Waals surface area contributed by atoms with E-state index < -0.39 is 11.5 Å². The van der Waals surface area contributed by atoms with Gasteiger partial charge in [-0.25, -0.2) is 4.79 Å². The zero-order valence-corrected chi connectivity index (χ0v) is 12.6. The Balaban J connectivity index is 2.25. The van der Waals surface area contributed by atoms with Crippen LogP contribution in [0.5, 0.6) is 0 Å². The first-order chi connectivity index (χ1) is 9.89. The summed E-state index contributed by atoms with van der Waals surface area (Å²) in [6.07, 6.45) is 0.380. The lowest BCUT2D eigenvalue weighted by Gasteiger charge is -2.24. The van der Waals surface area contributed by atoms with Crippen LogP contribution in [0, 0.1) is 0 Å². The summed E-state index contributed by atoms with van der Waals surface area (Å²) < 4.78 is 1.61. The van der Waals surface area contributed by atoms with Crippen molar-refractivity contribution in [1.82, 2.24) is 20.4 Å². The van der Waals surface area contributed by atoms with Crippen molar-refractivity contribution in [1.29, 1.82) is 0 Å². The van der Waals surface area contributed by atoms with Gasteiger partial charge in [0.05, 0.1) is 5.69 Å². The van der Waals surface area contributed by atoms with E-state index in [1.807, 2.05) is 20.8 Å². The Labute approximate surface area is 123 Å². The molecular weight excluding hydrogens is 272 g/mol. The predicted molar refractivity (Wildman–Crippen MR) is 77.3 cm³/mol. The molecule has 7 heteroatoms. The number of carbonyl (C=O) groups is 2. The molecular formula is C14H22N4O3. The van der Waals surface area contributed by atoms with Crippen LogP contribution in [-0.2, 0) is 11.3 Å². The number of carboxylic acid groups (broad SMARTS) is 1. The molecule has 1 aromatic heterocycles. The van der Waals surface area contributed by atoms with Crippen molar-refractivity contribution < 1.29 is 14.7 Å². The fraction of sp³-hybridized carbons (Fsp3) is 0.643. The molecule has 1 amide bonds. The summed E-state index contributed by atoms with van der Waals surface area (Å²) in [6.45, 7) is 7.29. The van der Waals surface area contributed by atoms with Gasteiger partial charge in [0.1, 0.15) is 5.69 Å². The van der Waals surface area contributed by atoms with Crippen LogP contribution in [0.4, 0.5) is 0 Å². The van der Waals surface area contributed by atoms with Gasteiger partial charge in [-0.3, -0.25) is 9.48 Å². The van der Waals surface area contributed by atoms with E-state index in [1.165, 1.54) is 0 Å². The van der Waals surface area contributed by atoms with Gasteiger partial charge in [-0.1, -0.05) is 13.8 Å². The first-order valence-corrected chi connectivity index (χ1v) is 7.24. The summed E-state index contributed by atoms with van der Waals surface area (Å²) in [5, 5.41) is 19.4. The second-order valence-corrected chi connectivity index (χ2v) is 5.69. The van der Waals surface area contributed by atoms with Gasteiger partial charge >= 0.3 is 5.97 Å². The van der Waals surface area contributed by atoms with Crippen molar-refractivity contribution in [3.8, 4) is 0 Å². The van der Waals surface area contributed by atoms with Crippen molar-refractivity contribution in [2.24, 2.45) is 0 Å². The molecule has 0 saturated carbocycles. The van der Waals surface area contributed by atoms with Crippen LogP contribution in [-0.4, -0.2) is 45.4 Å². The van der Waals surface area contributed by atoms with Gasteiger partial charge in [0.2, 0.25) is 0 Å². The molecule has 3 N–H and O–H groups in total. The van der Waals surface area contributed by atoms with Crippen molar-refractivity contribution in [2.75, 3.05) is 13.1 Å². The molecule has 21 heavy (non-hydrogen) atoms. The Morgan fingerprint density at radius 2 is 2.29 bits per heavy atom. The number of hydrogen-bond acceptors (Lipinski definition) is 4. The molecule has 1 atom stereocenters. The molecule has 0 radical (unpaired) electrons. The number of amides is 1. The summed E-state index contributed by atoms with van der Waals surface area (Å²) in [6, 6.07) is 1.74. The second-order valence-electron chi connectivity index (χ2n) is 5.69. The standard InChI is InChI=1S/C14H22N4O3/c1-4-18-11(7-10(17-18)9(2)3)12(19)16-14(13(20)21)5-6-15-8-14/h7,9,15H,4-6,8H2,1-3H3,(H,16,19)(H,20,21)/t14-/m0/s1. The second kappa shape index (κ2) is 5.85. The van der Waals surface area contributed by atoms with Crippen LogP contribution in [0.3, 0.4) is 0 Å². The third kappa shape index (κ3) is 2.92. The largest absolute Gasteiger partial charge is 0.479 e. The fourth-order valence-corrected chi connectivity index (χ4v) is 2.46. The maximum atomic E-state index is 12.5. The summed E-state index contributed by atoms with van der Waals surface area (Å²) in [4.78, 5) is 23.9. The van der Waals surface area contributed by atoms with E-state index in [0.29, 0.717) is 25.2 Å². The molecule has 0 bridgehead atoms. The number of aromatic nitrogens is 2. The van der Waals surface area contributed by atoms with Gasteiger partial charge in [0.15, 0.2) is 5.54 Å². The molecule has 2 rings (SSSR count). The quantitative estimate of drug-likeness (QED) is 0.738. The molecule has 7 nitrogen and oxygen atoms in total. The monoisotopic (exact) mass is 294 g/mol. The van der Waals surface area contributed by atoms with Gasteiger partial charge in [0, 0.05) is 13.1 Å². The number of rotatable bonds is 5. The molecule has 1 fully saturated rings. The average Bonchev–Trinajstić information content (AvgIpc) is 3.05. The summed E-state index contributed by atoms with van der Waals surface area (Å²) in [5.74, 6) is -1.18. The number of carbonyl (C=O) groups excluding carboxylic acids is 1. The lowest BCUT2D eigenvalue weighted by Crippen LogP contribution is -2.56. The summed E-state index contributed by atoms with van der Waals surface area (Å²) >= 11 is 0. The smallest absolute Gasteiger partial charge is 0.330 e. The molecule has 1 saturated heterocycles. The normalized spacial score (nSPS) is 21.7. The number of nitrogens with zero attached hydrogens (tertiary/aromatic N) is 2. The van der Waals surface area contributed by atoms with E-state index >= 15 is 0 Å². The Bertz CT molecular complexity index is 544. The van der Waals surface area contributed by atoms with Crippen LogP contribution in [0.1, 0.15) is 49.3 Å². The van der Waals surface area contributed by atoms with E-state index in [4.69, 9.17) is 0 Å². The highest BCUT2D eigenvalue weighted by Gasteiger charge is 2.43. The third-order valence-corrected chi connectivity index (χ3v) is 3.84. The van der Waals surface area contributed by atoms with Crippen molar-refractivity contribution in [3.63, 3.8) is 0 Å². The minimum absolute atomic E-state index is 0.214. The highest BCUT2D eigenvalue weighted by molar-refractivity contribution is 5.97. The SMILES string of the molecule is CCn1nc(C(C)C)cc1C(=O)N[C@@]1(C(=O)O)CCNC1. The van der Waals surface area contributed by atoms with E-state index in [9.17, 15) is 14.7 Å². The lowest BCUT2D eigenvalue weighted by atomic mass is 9.98. The molecule has 0 unspecified atom stereocenters. The van der Waals surface area contributed by atoms with Crippen LogP contribution >= 0.6 is 0 Å². The van der Waals surface area contributed by atoms with Gasteiger partial charge in [-0.2, -0.15) is 5.10 Å². The van der Waals surface area contributed by atoms with Crippen LogP contribution in [0.15, 0.2) is 6.07 Å². The Morgan fingerprint density at radius 1 is 1.57 bits per heavy atom. The van der Waals surface area contributed by atoms with E-state index in [1.54, 1.807) is 10.7 Å². The zero-order chi connectivity index (χ0) is 15.6. The highest BCUT2D eigenvalue weighted by atomic mass is 16.4. The van der Waals surface area contributed by atoms with Crippen molar-refractivity contribution >= 4 is 11.9 Å². The first kappa shape index (κ1) is 15.5. The van der Waals surface area contributed by atoms with Gasteiger partial charge in [0.25, 0.3) is 5.91 Å². The topological polar surface area (TPSA) is 96.2 Å². The van der Waals surface area contributed by atoms with Crippen molar-refractivity contribution in [2.45, 2.75) is 45.2 Å². The number of hydrogen-bond donors (Lipinski definition) is 3. The number of aryl methyl sites for hydroxylation is 1. The molecule has 0 aromatic carbocycles. The Morgan fingerprint density at radius 3 is 2.76 bits per heavy atom. The summed E-state index contributed by atoms with van der Waals surface area (Å²) in [5.41, 5.74) is 0.0161. The van der Waals surface area contributed by atoms with Crippen LogP contribution in [0.2, 0.25) is 0 Å². The minimum atomic E-state index is -1.22. The lowest BCUT2D eigenvalue weighted by molar-refractivity contribution is -0.143. The molecule has 1 aliphatic rings. The Hall–Kier alpha value is -1.89. The minimum Gasteiger partial charge on any atom is -0.479 e. The zero-order valence-electron chi connectivity index (χ0n) is 12.6. The number of carboxylic acids is 1. The predicted octanol–water partition coefficient (Wildman–Crippen LogP) is 0.573. The van der Waals surface area contributed by atoms with Crippen molar-refractivity contribution in [3.05, 3.63) is 17.5 Å². The van der Waals surface area contributed by atoms with Gasteiger partial charge in [-0.15, -0.1) is 0 Å². The average molecular weight is 294 g/mol. The van der Waals surface area contributed by atoms with Crippen LogP contribution < -0.4 is 10.6 Å². The van der Waals surface area contributed by atoms with E-state index in [0.717, 1.165) is 5.69 Å². The Kier molecular flexibility index (Phi) is 4.32. The number of aliphatic carboxylic acids is 1. The molecule has 1 aromatic rings. The van der Waals surface area contributed by atoms with E-state index in [2.05, 4.69) is 15.7 Å². The summed E-state index contributed by atoms with van der Waals surface area (Å²) in [7, 11) is 0. The molecule has 0 aliphatic carbocycles. The fourth-order valence-electron chi connectivity index (χ4n) is 2.46. The molecule has 1 aliphatic heterocycles. The molecule has 116 valence electrons. The van der Waals surface area contributed by atoms with Gasteiger partial charge < -0.3 is 15.7 Å². The molecule has 0 spiro atoms. The van der Waals surface area contributed by atoms with Crippen LogP contribution in [0.25, 0.3) is 0 Å². The maximum Gasteiger partial charge on any atom is 0.330 e. The third-order valence-electron chi connectivity index (χ3n) is 3.84. The van der Waals surface area contributed by atoms with E-state index in [-0.39, 0.29) is 18.4 Å². The molecule has 2 heterocycles. The number of nitrogens with one attached hydrogen (secondary N) is 2. The maximum absolute atomic E-state index is 12.5. The first-order valence-electron chi connectivity index (χ1n) is 7.24.